The number of anilines is 2. The van der Waals surface area contributed by atoms with Crippen molar-refractivity contribution in [3.05, 3.63) is 68.9 Å². The summed E-state index contributed by atoms with van der Waals surface area (Å²) in [4.78, 5) is 26.6. The lowest BCUT2D eigenvalue weighted by atomic mass is 10.1. The molecule has 1 saturated heterocycles. The van der Waals surface area contributed by atoms with Crippen LogP contribution in [0.15, 0.2) is 36.4 Å². The molecular weight excluding hydrogens is 439 g/mol. The molecule has 160 valence electrons. The Bertz CT molecular complexity index is 1150. The number of rotatable bonds is 5. The normalized spacial score (nSPS) is 16.1. The van der Waals surface area contributed by atoms with Crippen LogP contribution in [0.25, 0.3) is 0 Å². The van der Waals surface area contributed by atoms with Crippen LogP contribution in [0.1, 0.15) is 34.0 Å². The highest BCUT2D eigenvalue weighted by Gasteiger charge is 2.34. The second-order valence-corrected chi connectivity index (χ2v) is 8.96. The van der Waals surface area contributed by atoms with Gasteiger partial charge in [0.2, 0.25) is 16.9 Å². The minimum atomic E-state index is -0.531. The Labute approximate surface area is 188 Å². The van der Waals surface area contributed by atoms with Crippen LogP contribution < -0.4 is 10.2 Å². The largest absolute Gasteiger partial charge is 0.312 e. The maximum absolute atomic E-state index is 13.9. The van der Waals surface area contributed by atoms with Crippen molar-refractivity contribution >= 4 is 45.6 Å². The van der Waals surface area contributed by atoms with Gasteiger partial charge in [-0.3, -0.25) is 9.59 Å². The number of aryl methyl sites for hydroxylation is 2. The van der Waals surface area contributed by atoms with Gasteiger partial charge in [-0.05, 0) is 49.2 Å². The SMILES string of the molecule is Cc1ccc(N2C[C@H](c3nnc(NC(=O)Cc4c(F)cccc4Cl)s3)CC2=O)cc1C. The second-order valence-electron chi connectivity index (χ2n) is 7.54. The number of nitrogens with one attached hydrogen (secondary N) is 1. The molecule has 2 aromatic carbocycles. The molecule has 1 aliphatic heterocycles. The molecule has 1 aromatic heterocycles. The standard InChI is InChI=1S/C22H20ClFN4O2S/c1-12-6-7-15(8-13(12)2)28-11-14(9-20(28)30)21-26-27-22(31-21)25-19(29)10-16-17(23)4-3-5-18(16)24/h3-8,14H,9-11H2,1-2H3,(H,25,27,29)/t14-/m1/s1. The fourth-order valence-electron chi connectivity index (χ4n) is 3.49. The monoisotopic (exact) mass is 458 g/mol. The van der Waals surface area contributed by atoms with Crippen molar-refractivity contribution < 1.29 is 14.0 Å². The molecule has 1 fully saturated rings. The molecule has 6 nitrogen and oxygen atoms in total. The lowest BCUT2D eigenvalue weighted by molar-refractivity contribution is -0.117. The number of carbonyl (C=O) groups is 2. The van der Waals surface area contributed by atoms with Crippen LogP contribution in [-0.2, 0) is 16.0 Å². The third kappa shape index (κ3) is 4.60. The molecule has 0 unspecified atom stereocenters. The number of nitrogens with zero attached hydrogens (tertiary/aromatic N) is 3. The molecule has 0 aliphatic carbocycles. The zero-order valence-electron chi connectivity index (χ0n) is 17.0. The van der Waals surface area contributed by atoms with Crippen LogP contribution >= 0.6 is 22.9 Å². The first-order valence-corrected chi connectivity index (χ1v) is 10.9. The van der Waals surface area contributed by atoms with Crippen molar-refractivity contribution in [3.63, 3.8) is 0 Å². The van der Waals surface area contributed by atoms with Gasteiger partial charge in [-0.25, -0.2) is 4.39 Å². The van der Waals surface area contributed by atoms with Gasteiger partial charge in [0.15, 0.2) is 0 Å². The summed E-state index contributed by atoms with van der Waals surface area (Å²) >= 11 is 7.20. The average molecular weight is 459 g/mol. The van der Waals surface area contributed by atoms with Gasteiger partial charge in [0.05, 0.1) is 6.42 Å². The summed E-state index contributed by atoms with van der Waals surface area (Å²) in [5.41, 5.74) is 3.31. The summed E-state index contributed by atoms with van der Waals surface area (Å²) < 4.78 is 13.9. The summed E-state index contributed by atoms with van der Waals surface area (Å²) in [6.45, 7) is 4.56. The van der Waals surface area contributed by atoms with E-state index in [-0.39, 0.29) is 28.8 Å². The quantitative estimate of drug-likeness (QED) is 0.604. The molecule has 2 heterocycles. The Balaban J connectivity index is 1.42. The molecule has 0 spiro atoms. The van der Waals surface area contributed by atoms with Crippen molar-refractivity contribution in [2.45, 2.75) is 32.6 Å². The van der Waals surface area contributed by atoms with Crippen LogP contribution in [0.4, 0.5) is 15.2 Å². The molecule has 0 radical (unpaired) electrons. The number of amides is 2. The van der Waals surface area contributed by atoms with Crippen molar-refractivity contribution in [2.75, 3.05) is 16.8 Å². The van der Waals surface area contributed by atoms with E-state index < -0.39 is 11.7 Å². The van der Waals surface area contributed by atoms with E-state index in [0.717, 1.165) is 11.3 Å². The Kier molecular flexibility index (Phi) is 6.02. The van der Waals surface area contributed by atoms with Crippen LogP contribution in [0.3, 0.4) is 0 Å². The van der Waals surface area contributed by atoms with Crippen LogP contribution in [-0.4, -0.2) is 28.6 Å². The zero-order valence-corrected chi connectivity index (χ0v) is 18.6. The van der Waals surface area contributed by atoms with Crippen molar-refractivity contribution in [2.24, 2.45) is 0 Å². The van der Waals surface area contributed by atoms with Gasteiger partial charge in [-0.15, -0.1) is 10.2 Å². The minimum Gasteiger partial charge on any atom is -0.312 e. The Hall–Kier alpha value is -2.84. The fourth-order valence-corrected chi connectivity index (χ4v) is 4.57. The molecule has 9 heteroatoms. The van der Waals surface area contributed by atoms with Gasteiger partial charge in [-0.2, -0.15) is 0 Å². The van der Waals surface area contributed by atoms with E-state index in [0.29, 0.717) is 23.1 Å². The van der Waals surface area contributed by atoms with Crippen LogP contribution in [0, 0.1) is 19.7 Å². The van der Waals surface area contributed by atoms with E-state index >= 15 is 0 Å². The summed E-state index contributed by atoms with van der Waals surface area (Å²) in [5, 5.41) is 12.0. The Morgan fingerprint density at radius 1 is 1.26 bits per heavy atom. The highest BCUT2D eigenvalue weighted by Crippen LogP contribution is 2.35. The van der Waals surface area contributed by atoms with Gasteiger partial charge in [-0.1, -0.05) is 35.1 Å². The van der Waals surface area contributed by atoms with Gasteiger partial charge in [0.1, 0.15) is 10.8 Å². The first-order chi connectivity index (χ1) is 14.8. The van der Waals surface area contributed by atoms with Gasteiger partial charge in [0.25, 0.3) is 0 Å². The van der Waals surface area contributed by atoms with Gasteiger partial charge >= 0.3 is 0 Å². The number of benzene rings is 2. The van der Waals surface area contributed by atoms with E-state index in [2.05, 4.69) is 15.5 Å². The number of hydrogen-bond acceptors (Lipinski definition) is 5. The number of hydrogen-bond donors (Lipinski definition) is 1. The second kappa shape index (κ2) is 8.72. The predicted octanol–water partition coefficient (Wildman–Crippen LogP) is 4.65. The topological polar surface area (TPSA) is 75.2 Å². The molecule has 4 rings (SSSR count). The van der Waals surface area contributed by atoms with E-state index in [4.69, 9.17) is 11.6 Å². The maximum atomic E-state index is 13.9. The smallest absolute Gasteiger partial charge is 0.230 e. The van der Waals surface area contributed by atoms with Crippen LogP contribution in [0.5, 0.6) is 0 Å². The lowest BCUT2D eigenvalue weighted by Gasteiger charge is -2.17. The van der Waals surface area contributed by atoms with Gasteiger partial charge in [0, 0.05) is 35.2 Å². The highest BCUT2D eigenvalue weighted by atomic mass is 35.5. The lowest BCUT2D eigenvalue weighted by Crippen LogP contribution is -2.24. The molecule has 1 aliphatic rings. The zero-order chi connectivity index (χ0) is 22.1. The van der Waals surface area contributed by atoms with E-state index in [1.807, 2.05) is 32.0 Å². The number of carbonyl (C=O) groups excluding carboxylic acids is 2. The summed E-state index contributed by atoms with van der Waals surface area (Å²) in [6, 6.07) is 10.2. The first-order valence-electron chi connectivity index (χ1n) is 9.75. The molecule has 1 atom stereocenters. The van der Waals surface area contributed by atoms with Crippen molar-refractivity contribution in [3.8, 4) is 0 Å². The molecule has 3 aromatic rings. The molecule has 0 saturated carbocycles. The maximum Gasteiger partial charge on any atom is 0.230 e. The third-order valence-corrected chi connectivity index (χ3v) is 6.72. The number of aromatic nitrogens is 2. The fraction of sp³-hybridized carbons (Fsp3) is 0.273. The first kappa shape index (κ1) is 21.4. The van der Waals surface area contributed by atoms with Gasteiger partial charge < -0.3 is 10.2 Å². The predicted molar refractivity (Wildman–Crippen MR) is 119 cm³/mol. The summed E-state index contributed by atoms with van der Waals surface area (Å²) in [5.74, 6) is -1.04. The molecular formula is C22H20ClFN4O2S. The Morgan fingerprint density at radius 2 is 2.06 bits per heavy atom. The summed E-state index contributed by atoms with van der Waals surface area (Å²) in [6.07, 6.45) is 0.128. The van der Waals surface area contributed by atoms with E-state index in [1.165, 1.54) is 35.1 Å². The molecule has 2 amide bonds. The van der Waals surface area contributed by atoms with E-state index in [1.54, 1.807) is 4.90 Å². The molecule has 31 heavy (non-hydrogen) atoms. The molecule has 0 bridgehead atoms. The third-order valence-electron chi connectivity index (χ3n) is 5.36. The van der Waals surface area contributed by atoms with E-state index in [9.17, 15) is 14.0 Å². The van der Waals surface area contributed by atoms with Crippen LogP contribution in [0.2, 0.25) is 5.02 Å². The minimum absolute atomic E-state index is 0.0308. The molecule has 1 N–H and O–H groups in total. The summed E-state index contributed by atoms with van der Waals surface area (Å²) in [7, 11) is 0. The average Bonchev–Trinajstić information content (AvgIpc) is 3.33. The van der Waals surface area contributed by atoms with Crippen molar-refractivity contribution in [1.29, 1.82) is 0 Å². The number of halogens is 2. The van der Waals surface area contributed by atoms with Crippen molar-refractivity contribution in [1.82, 2.24) is 10.2 Å². The Morgan fingerprint density at radius 3 is 2.81 bits per heavy atom. The highest BCUT2D eigenvalue weighted by molar-refractivity contribution is 7.15.